The molecule has 0 aliphatic carbocycles. The molecule has 0 spiro atoms. The summed E-state index contributed by atoms with van der Waals surface area (Å²) in [5, 5.41) is 11.7. The van der Waals surface area contributed by atoms with Crippen LogP contribution in [0, 0.1) is 5.82 Å². The van der Waals surface area contributed by atoms with Gasteiger partial charge in [-0.3, -0.25) is 4.79 Å². The average molecular weight is 374 g/mol. The number of halogens is 2. The first-order valence-electron chi connectivity index (χ1n) is 7.39. The molecule has 0 radical (unpaired) electrons. The Balaban J connectivity index is 1.62. The normalized spacial score (nSPS) is 10.5. The molecule has 3 aromatic rings. The molecule has 0 aliphatic heterocycles. The van der Waals surface area contributed by atoms with Gasteiger partial charge < -0.3 is 5.32 Å². The molecule has 0 fully saturated rings. The predicted molar refractivity (Wildman–Crippen MR) is 97.4 cm³/mol. The van der Waals surface area contributed by atoms with E-state index < -0.39 is 0 Å². The first-order valence-corrected chi connectivity index (χ1v) is 8.75. The zero-order chi connectivity index (χ0) is 17.6. The highest BCUT2D eigenvalue weighted by Gasteiger charge is 2.09. The molecule has 2 aromatic carbocycles. The molecule has 1 amide bonds. The highest BCUT2D eigenvalue weighted by Crippen LogP contribution is 2.27. The summed E-state index contributed by atoms with van der Waals surface area (Å²) in [4.78, 5) is 12.0. The molecule has 3 rings (SSSR count). The van der Waals surface area contributed by atoms with Gasteiger partial charge in [-0.05, 0) is 36.4 Å². The molecule has 126 valence electrons. The quantitative estimate of drug-likeness (QED) is 0.652. The van der Waals surface area contributed by atoms with E-state index >= 15 is 0 Å². The molecule has 1 heterocycles. The molecule has 4 nitrogen and oxygen atoms in total. The minimum atomic E-state index is -0.347. The zero-order valence-electron chi connectivity index (χ0n) is 12.9. The molecule has 7 heteroatoms. The second kappa shape index (κ2) is 8.09. The Morgan fingerprint density at radius 2 is 1.84 bits per heavy atom. The van der Waals surface area contributed by atoms with Crippen LogP contribution in [0.1, 0.15) is 15.9 Å². The number of rotatable bonds is 5. The monoisotopic (exact) mass is 373 g/mol. The fourth-order valence-corrected chi connectivity index (χ4v) is 3.22. The van der Waals surface area contributed by atoms with E-state index in [1.54, 1.807) is 48.5 Å². The van der Waals surface area contributed by atoms with Gasteiger partial charge in [0.1, 0.15) is 10.8 Å². The molecule has 0 saturated carbocycles. The van der Waals surface area contributed by atoms with Gasteiger partial charge in [-0.2, -0.15) is 0 Å². The van der Waals surface area contributed by atoms with Crippen LogP contribution in [0.3, 0.4) is 0 Å². The molecule has 0 aliphatic rings. The highest BCUT2D eigenvalue weighted by atomic mass is 35.5. The summed E-state index contributed by atoms with van der Waals surface area (Å²) in [7, 11) is 0. The van der Waals surface area contributed by atoms with E-state index in [2.05, 4.69) is 15.5 Å². The second-order valence-electron chi connectivity index (χ2n) is 5.07. The average Bonchev–Trinajstić information content (AvgIpc) is 2.63. The summed E-state index contributed by atoms with van der Waals surface area (Å²) in [5.41, 5.74) is 0.967. The standard InChI is InChI=1S/C18H13ClFN3OS/c19-14-7-4-8-15(20)13(14)11-25-17-10-9-16(22-23-17)21-18(24)12-5-2-1-3-6-12/h1-10H,11H2,(H,21,22,24). The Hall–Kier alpha value is -2.44. The number of hydrogen-bond acceptors (Lipinski definition) is 4. The molecule has 0 saturated heterocycles. The minimum absolute atomic E-state index is 0.256. The van der Waals surface area contributed by atoms with Gasteiger partial charge in [-0.1, -0.05) is 47.6 Å². The molecular weight excluding hydrogens is 361 g/mol. The van der Waals surface area contributed by atoms with Crippen LogP contribution in [0.15, 0.2) is 65.7 Å². The smallest absolute Gasteiger partial charge is 0.256 e. The van der Waals surface area contributed by atoms with E-state index in [-0.39, 0.29) is 11.7 Å². The fraction of sp³-hybridized carbons (Fsp3) is 0.0556. The Bertz CT molecular complexity index is 855. The van der Waals surface area contributed by atoms with Crippen molar-refractivity contribution in [2.75, 3.05) is 5.32 Å². The summed E-state index contributed by atoms with van der Waals surface area (Å²) < 4.78 is 13.7. The van der Waals surface area contributed by atoms with E-state index in [1.165, 1.54) is 17.8 Å². The van der Waals surface area contributed by atoms with Crippen molar-refractivity contribution < 1.29 is 9.18 Å². The Kier molecular flexibility index (Phi) is 5.63. The molecule has 1 N–H and O–H groups in total. The summed E-state index contributed by atoms with van der Waals surface area (Å²) in [6.45, 7) is 0. The van der Waals surface area contributed by atoms with Gasteiger partial charge in [-0.15, -0.1) is 10.2 Å². The lowest BCUT2D eigenvalue weighted by Gasteiger charge is -2.06. The van der Waals surface area contributed by atoms with Crippen LogP contribution in [0.25, 0.3) is 0 Å². The van der Waals surface area contributed by atoms with E-state index in [0.717, 1.165) is 0 Å². The van der Waals surface area contributed by atoms with Crippen LogP contribution in [-0.2, 0) is 5.75 Å². The Labute approximate surface area is 153 Å². The number of thioether (sulfide) groups is 1. The predicted octanol–water partition coefficient (Wildman–Crippen LogP) is 4.81. The number of carbonyl (C=O) groups excluding carboxylic acids is 1. The molecular formula is C18H13ClFN3OS. The SMILES string of the molecule is O=C(Nc1ccc(SCc2c(F)cccc2Cl)nn1)c1ccccc1. The number of nitrogens with zero attached hydrogens (tertiary/aromatic N) is 2. The molecule has 0 bridgehead atoms. The van der Waals surface area contributed by atoms with Crippen LogP contribution in [0.5, 0.6) is 0 Å². The summed E-state index contributed by atoms with van der Waals surface area (Å²) >= 11 is 7.31. The number of aromatic nitrogens is 2. The largest absolute Gasteiger partial charge is 0.305 e. The van der Waals surface area contributed by atoms with Crippen LogP contribution in [-0.4, -0.2) is 16.1 Å². The summed E-state index contributed by atoms with van der Waals surface area (Å²) in [6, 6.07) is 16.8. The van der Waals surface area contributed by atoms with Crippen molar-refractivity contribution in [1.82, 2.24) is 10.2 Å². The summed E-state index contributed by atoms with van der Waals surface area (Å²) in [6.07, 6.45) is 0. The van der Waals surface area contributed by atoms with E-state index in [1.807, 2.05) is 6.07 Å². The van der Waals surface area contributed by atoms with Crippen LogP contribution >= 0.6 is 23.4 Å². The van der Waals surface area contributed by atoms with Crippen LogP contribution in [0.2, 0.25) is 5.02 Å². The van der Waals surface area contributed by atoms with Crippen molar-refractivity contribution in [1.29, 1.82) is 0 Å². The van der Waals surface area contributed by atoms with Gasteiger partial charge in [0.05, 0.1) is 0 Å². The first kappa shape index (κ1) is 17.4. The minimum Gasteiger partial charge on any atom is -0.305 e. The lowest BCUT2D eigenvalue weighted by atomic mass is 10.2. The topological polar surface area (TPSA) is 54.9 Å². The third kappa shape index (κ3) is 4.55. The lowest BCUT2D eigenvalue weighted by Crippen LogP contribution is -2.13. The van der Waals surface area contributed by atoms with Gasteiger partial charge in [0.15, 0.2) is 5.82 Å². The van der Waals surface area contributed by atoms with Gasteiger partial charge in [0, 0.05) is 21.9 Å². The molecule has 0 atom stereocenters. The van der Waals surface area contributed by atoms with Crippen molar-refractivity contribution in [3.05, 3.63) is 82.6 Å². The second-order valence-corrected chi connectivity index (χ2v) is 6.47. The number of amides is 1. The maximum Gasteiger partial charge on any atom is 0.256 e. The number of carbonyl (C=O) groups is 1. The van der Waals surface area contributed by atoms with Crippen molar-refractivity contribution >= 4 is 35.1 Å². The molecule has 1 aromatic heterocycles. The van der Waals surface area contributed by atoms with Gasteiger partial charge in [0.2, 0.25) is 0 Å². The number of nitrogens with one attached hydrogen (secondary N) is 1. The Morgan fingerprint density at radius 3 is 2.52 bits per heavy atom. The van der Waals surface area contributed by atoms with Crippen molar-refractivity contribution in [3.8, 4) is 0 Å². The van der Waals surface area contributed by atoms with Crippen molar-refractivity contribution in [2.24, 2.45) is 0 Å². The van der Waals surface area contributed by atoms with Crippen LogP contribution in [0.4, 0.5) is 10.2 Å². The van der Waals surface area contributed by atoms with Gasteiger partial charge >= 0.3 is 0 Å². The lowest BCUT2D eigenvalue weighted by molar-refractivity contribution is 0.102. The highest BCUT2D eigenvalue weighted by molar-refractivity contribution is 7.98. The number of hydrogen-bond donors (Lipinski definition) is 1. The van der Waals surface area contributed by atoms with Crippen molar-refractivity contribution in [2.45, 2.75) is 10.8 Å². The van der Waals surface area contributed by atoms with E-state index in [9.17, 15) is 9.18 Å². The Morgan fingerprint density at radius 1 is 1.04 bits per heavy atom. The molecule has 0 unspecified atom stereocenters. The van der Waals surface area contributed by atoms with Crippen LogP contribution < -0.4 is 5.32 Å². The summed E-state index contributed by atoms with van der Waals surface area (Å²) in [5.74, 6) is 0.0888. The van der Waals surface area contributed by atoms with E-state index in [4.69, 9.17) is 11.6 Å². The number of anilines is 1. The van der Waals surface area contributed by atoms with Gasteiger partial charge in [0.25, 0.3) is 5.91 Å². The van der Waals surface area contributed by atoms with Gasteiger partial charge in [-0.25, -0.2) is 4.39 Å². The maximum absolute atomic E-state index is 13.7. The fourth-order valence-electron chi connectivity index (χ4n) is 2.06. The maximum atomic E-state index is 13.7. The first-order chi connectivity index (χ1) is 12.1. The number of benzene rings is 2. The van der Waals surface area contributed by atoms with Crippen molar-refractivity contribution in [3.63, 3.8) is 0 Å². The van der Waals surface area contributed by atoms with E-state index in [0.29, 0.717) is 32.7 Å². The molecule has 25 heavy (non-hydrogen) atoms. The third-order valence-electron chi connectivity index (χ3n) is 3.34. The zero-order valence-corrected chi connectivity index (χ0v) is 14.5. The third-order valence-corrected chi connectivity index (χ3v) is 4.64.